The van der Waals surface area contributed by atoms with E-state index in [1.807, 2.05) is 31.2 Å². The molecule has 5 nitrogen and oxygen atoms in total. The van der Waals surface area contributed by atoms with E-state index in [9.17, 15) is 0 Å². The number of rotatable bonds is 4. The average molecular weight is 258 g/mol. The molecule has 0 saturated carbocycles. The number of nitrogen functional groups attached to an aromatic ring is 1. The first-order valence-corrected chi connectivity index (χ1v) is 6.09. The summed E-state index contributed by atoms with van der Waals surface area (Å²) in [6, 6.07) is 8.05. The van der Waals surface area contributed by atoms with Gasteiger partial charge >= 0.3 is 0 Å². The SMILES string of the molecule is COc1ccc([C@@H](C)Nc2nc(N)ncc2C)cc1. The highest BCUT2D eigenvalue weighted by Gasteiger charge is 2.09. The summed E-state index contributed by atoms with van der Waals surface area (Å²) >= 11 is 0. The van der Waals surface area contributed by atoms with Crippen LogP contribution in [0.2, 0.25) is 0 Å². The first-order valence-electron chi connectivity index (χ1n) is 6.09. The fourth-order valence-corrected chi connectivity index (χ4v) is 1.78. The molecule has 0 aliphatic carbocycles. The quantitative estimate of drug-likeness (QED) is 0.881. The van der Waals surface area contributed by atoms with Crippen LogP contribution in [-0.2, 0) is 0 Å². The molecule has 2 aromatic rings. The lowest BCUT2D eigenvalue weighted by Crippen LogP contribution is -2.10. The zero-order valence-electron chi connectivity index (χ0n) is 11.3. The highest BCUT2D eigenvalue weighted by molar-refractivity contribution is 5.47. The fourth-order valence-electron chi connectivity index (χ4n) is 1.78. The second-order valence-corrected chi connectivity index (χ2v) is 4.40. The number of ether oxygens (including phenoxy) is 1. The molecular formula is C14H18N4O. The van der Waals surface area contributed by atoms with Crippen molar-refractivity contribution in [1.82, 2.24) is 9.97 Å². The molecule has 0 aliphatic rings. The van der Waals surface area contributed by atoms with Gasteiger partial charge in [0.15, 0.2) is 0 Å². The summed E-state index contributed by atoms with van der Waals surface area (Å²) in [6.45, 7) is 4.02. The number of aromatic nitrogens is 2. The third-order valence-electron chi connectivity index (χ3n) is 2.96. The van der Waals surface area contributed by atoms with Gasteiger partial charge in [-0.15, -0.1) is 0 Å². The van der Waals surface area contributed by atoms with Gasteiger partial charge in [0.2, 0.25) is 5.95 Å². The van der Waals surface area contributed by atoms with Crippen molar-refractivity contribution < 1.29 is 4.74 Å². The molecule has 5 heteroatoms. The van der Waals surface area contributed by atoms with Gasteiger partial charge in [0.25, 0.3) is 0 Å². The summed E-state index contributed by atoms with van der Waals surface area (Å²) < 4.78 is 5.14. The second-order valence-electron chi connectivity index (χ2n) is 4.40. The molecule has 100 valence electrons. The lowest BCUT2D eigenvalue weighted by Gasteiger charge is -2.16. The molecule has 0 spiro atoms. The van der Waals surface area contributed by atoms with Crippen LogP contribution >= 0.6 is 0 Å². The standard InChI is InChI=1S/C14H18N4O/c1-9-8-16-14(15)18-13(9)17-10(2)11-4-6-12(19-3)7-5-11/h4-8,10H,1-3H3,(H3,15,16,17,18)/t10-/m1/s1. The highest BCUT2D eigenvalue weighted by Crippen LogP contribution is 2.22. The first kappa shape index (κ1) is 13.1. The van der Waals surface area contributed by atoms with Crippen molar-refractivity contribution in [2.45, 2.75) is 19.9 Å². The van der Waals surface area contributed by atoms with Gasteiger partial charge in [0.1, 0.15) is 11.6 Å². The van der Waals surface area contributed by atoms with Crippen LogP contribution in [0.3, 0.4) is 0 Å². The molecule has 0 unspecified atom stereocenters. The van der Waals surface area contributed by atoms with Gasteiger partial charge < -0.3 is 15.8 Å². The monoisotopic (exact) mass is 258 g/mol. The van der Waals surface area contributed by atoms with Crippen LogP contribution in [0.15, 0.2) is 30.5 Å². The molecule has 0 bridgehead atoms. The molecule has 0 saturated heterocycles. The summed E-state index contributed by atoms with van der Waals surface area (Å²) in [5.74, 6) is 1.88. The number of methoxy groups -OCH3 is 1. The molecule has 0 radical (unpaired) electrons. The second kappa shape index (κ2) is 5.56. The Balaban J connectivity index is 2.15. The highest BCUT2D eigenvalue weighted by atomic mass is 16.5. The first-order chi connectivity index (χ1) is 9.10. The number of aryl methyl sites for hydroxylation is 1. The molecule has 0 amide bonds. The lowest BCUT2D eigenvalue weighted by molar-refractivity contribution is 0.414. The Hall–Kier alpha value is -2.30. The molecule has 1 aromatic carbocycles. The summed E-state index contributed by atoms with van der Waals surface area (Å²) in [5, 5.41) is 3.33. The summed E-state index contributed by atoms with van der Waals surface area (Å²) in [7, 11) is 1.66. The minimum Gasteiger partial charge on any atom is -0.497 e. The molecule has 1 atom stereocenters. The Labute approximate surface area is 112 Å². The average Bonchev–Trinajstić information content (AvgIpc) is 2.43. The van der Waals surface area contributed by atoms with Crippen LogP contribution in [0.4, 0.5) is 11.8 Å². The Bertz CT molecular complexity index is 554. The zero-order valence-corrected chi connectivity index (χ0v) is 11.3. The van der Waals surface area contributed by atoms with Crippen LogP contribution in [-0.4, -0.2) is 17.1 Å². The Morgan fingerprint density at radius 2 is 1.95 bits per heavy atom. The van der Waals surface area contributed by atoms with E-state index in [1.54, 1.807) is 13.3 Å². The molecule has 1 aromatic heterocycles. The minimum absolute atomic E-state index is 0.124. The number of anilines is 2. The normalized spacial score (nSPS) is 11.9. The number of nitrogens with two attached hydrogens (primary N) is 1. The van der Waals surface area contributed by atoms with Gasteiger partial charge in [0.05, 0.1) is 7.11 Å². The van der Waals surface area contributed by atoms with Crippen LogP contribution < -0.4 is 15.8 Å². The van der Waals surface area contributed by atoms with Crippen LogP contribution in [0.25, 0.3) is 0 Å². The zero-order chi connectivity index (χ0) is 13.8. The lowest BCUT2D eigenvalue weighted by atomic mass is 10.1. The van der Waals surface area contributed by atoms with E-state index < -0.39 is 0 Å². The minimum atomic E-state index is 0.124. The van der Waals surface area contributed by atoms with Gasteiger partial charge in [-0.2, -0.15) is 4.98 Å². The summed E-state index contributed by atoms with van der Waals surface area (Å²) in [5.41, 5.74) is 7.72. The third kappa shape index (κ3) is 3.13. The van der Waals surface area contributed by atoms with E-state index in [0.717, 1.165) is 22.7 Å². The van der Waals surface area contributed by atoms with Gasteiger partial charge in [-0.3, -0.25) is 0 Å². The van der Waals surface area contributed by atoms with Crippen molar-refractivity contribution in [1.29, 1.82) is 0 Å². The van der Waals surface area contributed by atoms with Crippen molar-refractivity contribution in [3.05, 3.63) is 41.6 Å². The van der Waals surface area contributed by atoms with Crippen molar-refractivity contribution in [3.63, 3.8) is 0 Å². The topological polar surface area (TPSA) is 73.1 Å². The Kier molecular flexibility index (Phi) is 3.85. The Morgan fingerprint density at radius 3 is 2.58 bits per heavy atom. The number of benzene rings is 1. The van der Waals surface area contributed by atoms with Crippen molar-refractivity contribution in [2.75, 3.05) is 18.2 Å². The summed E-state index contributed by atoms with van der Waals surface area (Å²) in [4.78, 5) is 8.15. The molecular weight excluding hydrogens is 240 g/mol. The molecule has 2 rings (SSSR count). The maximum atomic E-state index is 5.60. The predicted octanol–water partition coefficient (Wildman–Crippen LogP) is 2.55. The van der Waals surface area contributed by atoms with Gasteiger partial charge in [-0.1, -0.05) is 12.1 Å². The van der Waals surface area contributed by atoms with Crippen molar-refractivity contribution in [2.24, 2.45) is 0 Å². The number of nitrogens with one attached hydrogen (secondary N) is 1. The van der Waals surface area contributed by atoms with E-state index in [4.69, 9.17) is 10.5 Å². The van der Waals surface area contributed by atoms with E-state index in [1.165, 1.54) is 0 Å². The molecule has 19 heavy (non-hydrogen) atoms. The summed E-state index contributed by atoms with van der Waals surface area (Å²) in [6.07, 6.45) is 1.71. The van der Waals surface area contributed by atoms with Crippen molar-refractivity contribution in [3.8, 4) is 5.75 Å². The van der Waals surface area contributed by atoms with Gasteiger partial charge in [0, 0.05) is 17.8 Å². The third-order valence-corrected chi connectivity index (χ3v) is 2.96. The molecule has 3 N–H and O–H groups in total. The predicted molar refractivity (Wildman–Crippen MR) is 76.2 cm³/mol. The molecule has 0 fully saturated rings. The smallest absolute Gasteiger partial charge is 0.221 e. The van der Waals surface area contributed by atoms with Crippen LogP contribution in [0, 0.1) is 6.92 Å². The van der Waals surface area contributed by atoms with Gasteiger partial charge in [-0.25, -0.2) is 4.98 Å². The number of hydrogen-bond donors (Lipinski definition) is 2. The Morgan fingerprint density at radius 1 is 1.26 bits per heavy atom. The van der Waals surface area contributed by atoms with E-state index in [2.05, 4.69) is 22.2 Å². The fraction of sp³-hybridized carbons (Fsp3) is 0.286. The largest absolute Gasteiger partial charge is 0.497 e. The number of nitrogens with zero attached hydrogens (tertiary/aromatic N) is 2. The molecule has 1 heterocycles. The van der Waals surface area contributed by atoms with Crippen LogP contribution in [0.1, 0.15) is 24.1 Å². The maximum Gasteiger partial charge on any atom is 0.221 e. The van der Waals surface area contributed by atoms with Gasteiger partial charge in [-0.05, 0) is 31.5 Å². The maximum absolute atomic E-state index is 5.60. The van der Waals surface area contributed by atoms with E-state index in [0.29, 0.717) is 0 Å². The van der Waals surface area contributed by atoms with E-state index in [-0.39, 0.29) is 12.0 Å². The van der Waals surface area contributed by atoms with E-state index >= 15 is 0 Å². The number of hydrogen-bond acceptors (Lipinski definition) is 5. The molecule has 0 aliphatic heterocycles. The van der Waals surface area contributed by atoms with Crippen LogP contribution in [0.5, 0.6) is 5.75 Å². The van der Waals surface area contributed by atoms with Crippen molar-refractivity contribution >= 4 is 11.8 Å².